The Kier molecular flexibility index (Phi) is 2.75. The monoisotopic (exact) mass is 279 g/mol. The number of benzene rings is 1. The summed E-state index contributed by atoms with van der Waals surface area (Å²) < 4.78 is 25.9. The van der Waals surface area contributed by atoms with Crippen LogP contribution in [0.3, 0.4) is 0 Å². The minimum absolute atomic E-state index is 0.253. The molecule has 1 saturated heterocycles. The lowest BCUT2D eigenvalue weighted by molar-refractivity contribution is 0.00578. The fourth-order valence-corrected chi connectivity index (χ4v) is 2.91. The third-order valence-corrected chi connectivity index (χ3v) is 4.86. The van der Waals surface area contributed by atoms with E-state index >= 15 is 0 Å². The minimum Gasteiger partial charge on any atom is -0.398 e. The second-order valence-electron chi connectivity index (χ2n) is 5.75. The predicted molar refractivity (Wildman–Crippen MR) is 75.3 cm³/mol. The molecule has 0 amide bonds. The first-order valence-electron chi connectivity index (χ1n) is 6.20. The van der Waals surface area contributed by atoms with Crippen LogP contribution in [0.15, 0.2) is 18.2 Å². The molecule has 1 aliphatic rings. The van der Waals surface area contributed by atoms with Crippen molar-refractivity contribution in [3.05, 3.63) is 24.0 Å². The Morgan fingerprint density at radius 3 is 2.42 bits per heavy atom. The van der Waals surface area contributed by atoms with Gasteiger partial charge in [-0.1, -0.05) is 0 Å². The molecular formula is C13H15BFNO2S. The Hall–Kier alpha value is -0.975. The highest BCUT2D eigenvalue weighted by atomic mass is 32.1. The highest BCUT2D eigenvalue weighted by Crippen LogP contribution is 2.37. The number of aromatic nitrogens is 1. The molecule has 1 aromatic heterocycles. The minimum atomic E-state index is -0.481. The van der Waals surface area contributed by atoms with Crippen molar-refractivity contribution in [2.45, 2.75) is 38.9 Å². The van der Waals surface area contributed by atoms with Crippen molar-refractivity contribution in [3.8, 4) is 0 Å². The summed E-state index contributed by atoms with van der Waals surface area (Å²) in [5.41, 5.74) is -0.00207. The molecule has 3 rings (SSSR count). The predicted octanol–water partition coefficient (Wildman–Crippen LogP) is 2.73. The molecule has 2 heterocycles. The van der Waals surface area contributed by atoms with Gasteiger partial charge in [-0.15, -0.1) is 11.3 Å². The zero-order valence-electron chi connectivity index (χ0n) is 11.4. The zero-order chi connectivity index (χ0) is 13.8. The Bertz CT molecular complexity index is 625. The average molecular weight is 279 g/mol. The molecule has 19 heavy (non-hydrogen) atoms. The number of thiazole rings is 1. The van der Waals surface area contributed by atoms with Crippen LogP contribution in [0, 0.1) is 5.82 Å². The molecule has 2 aromatic rings. The van der Waals surface area contributed by atoms with Crippen LogP contribution in [-0.4, -0.2) is 23.3 Å². The van der Waals surface area contributed by atoms with Crippen LogP contribution in [0.25, 0.3) is 10.2 Å². The van der Waals surface area contributed by atoms with E-state index in [0.29, 0.717) is 0 Å². The fraction of sp³-hybridized carbons (Fsp3) is 0.462. The second kappa shape index (κ2) is 4.01. The summed E-state index contributed by atoms with van der Waals surface area (Å²) in [5.74, 6) is -0.253. The van der Waals surface area contributed by atoms with Gasteiger partial charge >= 0.3 is 7.12 Å². The summed E-state index contributed by atoms with van der Waals surface area (Å²) in [6.45, 7) is 8.00. The van der Waals surface area contributed by atoms with Crippen molar-refractivity contribution >= 4 is 33.6 Å². The van der Waals surface area contributed by atoms with E-state index in [0.717, 1.165) is 15.1 Å². The van der Waals surface area contributed by atoms with Crippen LogP contribution in [-0.2, 0) is 9.31 Å². The van der Waals surface area contributed by atoms with Gasteiger partial charge in [-0.3, -0.25) is 0 Å². The van der Waals surface area contributed by atoms with E-state index in [1.165, 1.54) is 23.5 Å². The summed E-state index contributed by atoms with van der Waals surface area (Å²) >= 11 is 1.41. The molecule has 0 aliphatic carbocycles. The maximum atomic E-state index is 13.2. The molecule has 0 radical (unpaired) electrons. The maximum Gasteiger partial charge on any atom is 0.525 e. The van der Waals surface area contributed by atoms with Gasteiger partial charge in [0.1, 0.15) is 10.7 Å². The maximum absolute atomic E-state index is 13.2. The first-order valence-corrected chi connectivity index (χ1v) is 7.02. The van der Waals surface area contributed by atoms with Gasteiger partial charge in [0, 0.05) is 0 Å². The van der Waals surface area contributed by atoms with E-state index < -0.39 is 7.12 Å². The average Bonchev–Trinajstić information content (AvgIpc) is 2.78. The van der Waals surface area contributed by atoms with Gasteiger partial charge in [-0.2, -0.15) is 0 Å². The molecule has 1 fully saturated rings. The topological polar surface area (TPSA) is 31.4 Å². The summed E-state index contributed by atoms with van der Waals surface area (Å²) in [6.07, 6.45) is 0. The van der Waals surface area contributed by atoms with E-state index in [9.17, 15) is 4.39 Å². The summed E-state index contributed by atoms with van der Waals surface area (Å²) in [4.78, 5) is 5.20. The first kappa shape index (κ1) is 13.0. The molecule has 6 heteroatoms. The zero-order valence-corrected chi connectivity index (χ0v) is 12.2. The third kappa shape index (κ3) is 2.08. The van der Waals surface area contributed by atoms with Crippen molar-refractivity contribution < 1.29 is 13.7 Å². The number of fused-ring (bicyclic) bond motifs is 1. The highest BCUT2D eigenvalue weighted by Gasteiger charge is 2.52. The van der Waals surface area contributed by atoms with Crippen LogP contribution < -0.4 is 4.91 Å². The van der Waals surface area contributed by atoms with Crippen LogP contribution in [0.2, 0.25) is 0 Å². The van der Waals surface area contributed by atoms with E-state index in [2.05, 4.69) is 4.98 Å². The normalized spacial score (nSPS) is 21.2. The lowest BCUT2D eigenvalue weighted by atomic mass is 9.90. The fourth-order valence-electron chi connectivity index (χ4n) is 1.96. The van der Waals surface area contributed by atoms with Gasteiger partial charge in [-0.05, 0) is 45.9 Å². The standard InChI is InChI=1S/C13H15BFNO2S/c1-12(2)13(3,4)18-14(17-12)11-16-9-6-5-8(15)7-10(9)19-11/h5-7H,1-4H3. The lowest BCUT2D eigenvalue weighted by Gasteiger charge is -2.32. The van der Waals surface area contributed by atoms with Crippen LogP contribution in [0.4, 0.5) is 4.39 Å². The van der Waals surface area contributed by atoms with Crippen molar-refractivity contribution in [1.82, 2.24) is 4.98 Å². The summed E-state index contributed by atoms with van der Waals surface area (Å²) in [6, 6.07) is 4.58. The van der Waals surface area contributed by atoms with E-state index in [4.69, 9.17) is 9.31 Å². The van der Waals surface area contributed by atoms with Crippen molar-refractivity contribution in [2.75, 3.05) is 0 Å². The number of halogens is 1. The van der Waals surface area contributed by atoms with Crippen molar-refractivity contribution in [2.24, 2.45) is 0 Å². The van der Waals surface area contributed by atoms with Gasteiger partial charge in [0.2, 0.25) is 0 Å². The molecular weight excluding hydrogens is 264 g/mol. The van der Waals surface area contributed by atoms with Gasteiger partial charge < -0.3 is 9.31 Å². The van der Waals surface area contributed by atoms with Crippen molar-refractivity contribution in [1.29, 1.82) is 0 Å². The molecule has 0 atom stereocenters. The molecule has 100 valence electrons. The SMILES string of the molecule is CC1(C)OB(c2nc3ccc(F)cc3s2)OC1(C)C. The number of hydrogen-bond acceptors (Lipinski definition) is 4. The quantitative estimate of drug-likeness (QED) is 0.752. The van der Waals surface area contributed by atoms with Gasteiger partial charge in [0.15, 0.2) is 0 Å². The first-order chi connectivity index (χ1) is 8.78. The Balaban J connectivity index is 1.98. The van der Waals surface area contributed by atoms with E-state index in [1.54, 1.807) is 6.07 Å². The Morgan fingerprint density at radius 1 is 1.16 bits per heavy atom. The Labute approximate surface area is 115 Å². The third-order valence-electron chi connectivity index (χ3n) is 3.82. The largest absolute Gasteiger partial charge is 0.525 e. The van der Waals surface area contributed by atoms with Gasteiger partial charge in [0.25, 0.3) is 0 Å². The van der Waals surface area contributed by atoms with E-state index in [1.807, 2.05) is 27.7 Å². The molecule has 3 nitrogen and oxygen atoms in total. The number of rotatable bonds is 1. The molecule has 0 unspecified atom stereocenters. The molecule has 1 aromatic carbocycles. The van der Waals surface area contributed by atoms with E-state index in [-0.39, 0.29) is 17.0 Å². The lowest BCUT2D eigenvalue weighted by Crippen LogP contribution is -2.41. The molecule has 0 bridgehead atoms. The van der Waals surface area contributed by atoms with Crippen molar-refractivity contribution in [3.63, 3.8) is 0 Å². The molecule has 1 aliphatic heterocycles. The van der Waals surface area contributed by atoms with Gasteiger partial charge in [0.05, 0.1) is 21.4 Å². The molecule has 0 spiro atoms. The smallest absolute Gasteiger partial charge is 0.398 e. The van der Waals surface area contributed by atoms with Crippen LogP contribution in [0.5, 0.6) is 0 Å². The molecule has 0 saturated carbocycles. The molecule has 0 N–H and O–H groups in total. The highest BCUT2D eigenvalue weighted by molar-refractivity contribution is 7.27. The summed E-state index contributed by atoms with van der Waals surface area (Å²) in [5, 5.41) is 0. The summed E-state index contributed by atoms with van der Waals surface area (Å²) in [7, 11) is -0.481. The van der Waals surface area contributed by atoms with Crippen LogP contribution in [0.1, 0.15) is 27.7 Å². The Morgan fingerprint density at radius 2 is 1.79 bits per heavy atom. The van der Waals surface area contributed by atoms with Crippen LogP contribution >= 0.6 is 11.3 Å². The second-order valence-corrected chi connectivity index (χ2v) is 6.81. The number of nitrogens with zero attached hydrogens (tertiary/aromatic N) is 1. The van der Waals surface area contributed by atoms with Gasteiger partial charge in [-0.25, -0.2) is 9.37 Å². The number of hydrogen-bond donors (Lipinski definition) is 0.